The van der Waals surface area contributed by atoms with E-state index in [9.17, 15) is 0 Å². The topological polar surface area (TPSA) is 23.8 Å². The maximum absolute atomic E-state index is 9.15. The molecule has 3 rings (SSSR count). The SMILES string of the molecule is N#CC12C=Cc3ccccc3C1C=C2. The van der Waals surface area contributed by atoms with Crippen LogP contribution in [-0.4, -0.2) is 0 Å². The minimum atomic E-state index is -0.353. The van der Waals surface area contributed by atoms with Gasteiger partial charge in [-0.05, 0) is 11.1 Å². The lowest BCUT2D eigenvalue weighted by molar-refractivity contribution is 0.508. The summed E-state index contributed by atoms with van der Waals surface area (Å²) < 4.78 is 0. The van der Waals surface area contributed by atoms with Crippen molar-refractivity contribution < 1.29 is 0 Å². The Bertz CT molecular complexity index is 490. The summed E-state index contributed by atoms with van der Waals surface area (Å²) in [4.78, 5) is 0. The Morgan fingerprint density at radius 3 is 2.79 bits per heavy atom. The Hall–Kier alpha value is -1.81. The van der Waals surface area contributed by atoms with Crippen molar-refractivity contribution in [3.8, 4) is 6.07 Å². The molecule has 14 heavy (non-hydrogen) atoms. The fourth-order valence-electron chi connectivity index (χ4n) is 2.24. The van der Waals surface area contributed by atoms with Crippen LogP contribution >= 0.6 is 0 Å². The third-order valence-electron chi connectivity index (χ3n) is 3.14. The van der Waals surface area contributed by atoms with E-state index in [2.05, 4.69) is 30.4 Å². The van der Waals surface area contributed by atoms with E-state index < -0.39 is 0 Å². The number of hydrogen-bond donors (Lipinski definition) is 0. The first-order valence-electron chi connectivity index (χ1n) is 4.74. The molecule has 2 aliphatic carbocycles. The summed E-state index contributed by atoms with van der Waals surface area (Å²) in [5, 5.41) is 9.15. The second kappa shape index (κ2) is 2.36. The number of benzene rings is 1. The van der Waals surface area contributed by atoms with Crippen molar-refractivity contribution in [3.63, 3.8) is 0 Å². The third-order valence-corrected chi connectivity index (χ3v) is 3.14. The highest BCUT2D eigenvalue weighted by molar-refractivity contribution is 5.66. The van der Waals surface area contributed by atoms with Gasteiger partial charge in [-0.15, -0.1) is 0 Å². The van der Waals surface area contributed by atoms with E-state index in [0.717, 1.165) is 0 Å². The van der Waals surface area contributed by atoms with E-state index >= 15 is 0 Å². The summed E-state index contributed by atoms with van der Waals surface area (Å²) >= 11 is 0. The van der Waals surface area contributed by atoms with Gasteiger partial charge in [0.15, 0.2) is 0 Å². The monoisotopic (exact) mass is 179 g/mol. The zero-order chi connectivity index (χ0) is 9.60. The highest BCUT2D eigenvalue weighted by Gasteiger charge is 2.43. The lowest BCUT2D eigenvalue weighted by Crippen LogP contribution is -2.31. The van der Waals surface area contributed by atoms with Crippen LogP contribution in [0.2, 0.25) is 0 Å². The number of rotatable bonds is 0. The van der Waals surface area contributed by atoms with Crippen LogP contribution in [0.1, 0.15) is 17.0 Å². The molecule has 0 amide bonds. The molecule has 1 aromatic carbocycles. The summed E-state index contributed by atoms with van der Waals surface area (Å²) in [5.74, 6) is 0.272. The number of allylic oxidation sites excluding steroid dienone is 3. The summed E-state index contributed by atoms with van der Waals surface area (Å²) in [7, 11) is 0. The Kier molecular flexibility index (Phi) is 1.28. The van der Waals surface area contributed by atoms with Crippen LogP contribution in [0.15, 0.2) is 42.5 Å². The van der Waals surface area contributed by atoms with Crippen molar-refractivity contribution >= 4 is 6.08 Å². The minimum Gasteiger partial charge on any atom is -0.197 e. The summed E-state index contributed by atoms with van der Waals surface area (Å²) in [5.41, 5.74) is 2.17. The molecule has 0 bridgehead atoms. The lowest BCUT2D eigenvalue weighted by atomic mass is 9.62. The quantitative estimate of drug-likeness (QED) is 0.562. The van der Waals surface area contributed by atoms with Gasteiger partial charge < -0.3 is 0 Å². The molecular formula is C13H9N. The number of nitrogens with zero attached hydrogens (tertiary/aromatic N) is 1. The van der Waals surface area contributed by atoms with Crippen molar-refractivity contribution in [1.29, 1.82) is 5.26 Å². The van der Waals surface area contributed by atoms with Crippen LogP contribution in [-0.2, 0) is 0 Å². The van der Waals surface area contributed by atoms with Crippen LogP contribution in [0.3, 0.4) is 0 Å². The van der Waals surface area contributed by atoms with E-state index in [0.29, 0.717) is 0 Å². The first-order chi connectivity index (χ1) is 6.86. The van der Waals surface area contributed by atoms with Gasteiger partial charge >= 0.3 is 0 Å². The van der Waals surface area contributed by atoms with Gasteiger partial charge in [0.1, 0.15) is 5.41 Å². The highest BCUT2D eigenvalue weighted by Crippen LogP contribution is 2.51. The first kappa shape index (κ1) is 7.58. The molecule has 0 saturated heterocycles. The van der Waals surface area contributed by atoms with Crippen LogP contribution in [0.25, 0.3) is 6.08 Å². The Balaban J connectivity index is 2.23. The van der Waals surface area contributed by atoms with Crippen molar-refractivity contribution in [2.75, 3.05) is 0 Å². The molecule has 2 atom stereocenters. The van der Waals surface area contributed by atoms with Gasteiger partial charge in [0, 0.05) is 5.92 Å². The van der Waals surface area contributed by atoms with E-state index in [1.165, 1.54) is 11.1 Å². The van der Waals surface area contributed by atoms with Crippen LogP contribution in [0.5, 0.6) is 0 Å². The molecule has 0 saturated carbocycles. The van der Waals surface area contributed by atoms with Crippen molar-refractivity contribution in [1.82, 2.24) is 0 Å². The molecule has 66 valence electrons. The van der Waals surface area contributed by atoms with E-state index in [1.807, 2.05) is 24.3 Å². The third kappa shape index (κ3) is 0.736. The molecule has 0 N–H and O–H groups in total. The Morgan fingerprint density at radius 2 is 2.07 bits per heavy atom. The number of nitriles is 1. The molecule has 0 radical (unpaired) electrons. The molecule has 1 nitrogen and oxygen atoms in total. The van der Waals surface area contributed by atoms with Crippen LogP contribution in [0, 0.1) is 16.7 Å². The van der Waals surface area contributed by atoms with Crippen molar-refractivity contribution in [2.24, 2.45) is 5.41 Å². The van der Waals surface area contributed by atoms with Crippen molar-refractivity contribution in [3.05, 3.63) is 53.6 Å². The highest BCUT2D eigenvalue weighted by atomic mass is 14.5. The zero-order valence-electron chi connectivity index (χ0n) is 7.64. The Morgan fingerprint density at radius 1 is 1.21 bits per heavy atom. The van der Waals surface area contributed by atoms with Gasteiger partial charge in [-0.1, -0.05) is 48.6 Å². The molecule has 0 spiro atoms. The Labute approximate surface area is 83.0 Å². The average molecular weight is 179 g/mol. The smallest absolute Gasteiger partial charge is 0.104 e. The van der Waals surface area contributed by atoms with Crippen molar-refractivity contribution in [2.45, 2.75) is 5.92 Å². The van der Waals surface area contributed by atoms with Gasteiger partial charge in [-0.2, -0.15) is 5.26 Å². The number of hydrogen-bond acceptors (Lipinski definition) is 1. The van der Waals surface area contributed by atoms with E-state index in [4.69, 9.17) is 5.26 Å². The molecule has 0 aliphatic heterocycles. The van der Waals surface area contributed by atoms with Gasteiger partial charge in [-0.3, -0.25) is 0 Å². The first-order valence-corrected chi connectivity index (χ1v) is 4.74. The summed E-state index contributed by atoms with van der Waals surface area (Å²) in [6, 6.07) is 10.7. The van der Waals surface area contributed by atoms with Crippen LogP contribution < -0.4 is 0 Å². The standard InChI is InChI=1S/C13H9N/c14-9-13-7-5-10-3-1-2-4-11(10)12(13)6-8-13/h1-8,12H. The second-order valence-electron chi connectivity index (χ2n) is 3.84. The average Bonchev–Trinajstić information content (AvgIpc) is 2.19. The molecule has 0 heterocycles. The summed E-state index contributed by atoms with van der Waals surface area (Å²) in [6.07, 6.45) is 8.17. The molecule has 0 fully saturated rings. The predicted molar refractivity (Wildman–Crippen MR) is 55.4 cm³/mol. The molecule has 1 heteroatoms. The van der Waals surface area contributed by atoms with Crippen LogP contribution in [0.4, 0.5) is 0 Å². The number of fused-ring (bicyclic) bond motifs is 3. The molecular weight excluding hydrogens is 170 g/mol. The van der Waals surface area contributed by atoms with Gasteiger partial charge in [0.05, 0.1) is 6.07 Å². The largest absolute Gasteiger partial charge is 0.197 e. The maximum Gasteiger partial charge on any atom is 0.104 e. The molecule has 1 aromatic rings. The van der Waals surface area contributed by atoms with E-state index in [-0.39, 0.29) is 11.3 Å². The fraction of sp³-hybridized carbons (Fsp3) is 0.154. The molecule has 2 unspecified atom stereocenters. The maximum atomic E-state index is 9.15. The predicted octanol–water partition coefficient (Wildman–Crippen LogP) is 2.88. The van der Waals surface area contributed by atoms with Gasteiger partial charge in [-0.25, -0.2) is 0 Å². The minimum absolute atomic E-state index is 0.272. The second-order valence-corrected chi connectivity index (χ2v) is 3.84. The molecule has 2 aliphatic rings. The lowest BCUT2D eigenvalue weighted by Gasteiger charge is -2.39. The van der Waals surface area contributed by atoms with Gasteiger partial charge in [0.2, 0.25) is 0 Å². The molecule has 0 aromatic heterocycles. The zero-order valence-corrected chi connectivity index (χ0v) is 7.64. The van der Waals surface area contributed by atoms with E-state index in [1.54, 1.807) is 0 Å². The fourth-order valence-corrected chi connectivity index (χ4v) is 2.24. The van der Waals surface area contributed by atoms with Gasteiger partial charge in [0.25, 0.3) is 0 Å². The summed E-state index contributed by atoms with van der Waals surface area (Å²) in [6.45, 7) is 0. The normalized spacial score (nSPS) is 31.2.